The number of amides is 2. The first-order valence-corrected chi connectivity index (χ1v) is 6.85. The third-order valence-corrected chi connectivity index (χ3v) is 2.99. The fourth-order valence-corrected chi connectivity index (χ4v) is 1.97. The maximum Gasteiger partial charge on any atom is 0.315 e. The average Bonchev–Trinajstić information content (AvgIpc) is 2.95. The third-order valence-electron chi connectivity index (χ3n) is 2.99. The summed E-state index contributed by atoms with van der Waals surface area (Å²) in [5.41, 5.74) is 0.232. The van der Waals surface area contributed by atoms with E-state index in [0.29, 0.717) is 6.54 Å². The molecule has 22 heavy (non-hydrogen) atoms. The lowest BCUT2D eigenvalue weighted by molar-refractivity contribution is 0.236. The maximum absolute atomic E-state index is 13.4. The molecular weight excluding hydrogens is 292 g/mol. The largest absolute Gasteiger partial charge is 0.338 e. The van der Waals surface area contributed by atoms with Gasteiger partial charge in [0.25, 0.3) is 0 Å². The zero-order valence-electron chi connectivity index (χ0n) is 12.1. The molecule has 118 valence electrons. The molecule has 0 spiro atoms. The van der Waals surface area contributed by atoms with Gasteiger partial charge in [-0.05, 0) is 37.1 Å². The van der Waals surface area contributed by atoms with Gasteiger partial charge in [0.05, 0.1) is 6.54 Å². The Kier molecular flexibility index (Phi) is 5.40. The van der Waals surface area contributed by atoms with Gasteiger partial charge in [0.15, 0.2) is 0 Å². The molecule has 2 N–H and O–H groups in total. The predicted octanol–water partition coefficient (Wildman–Crippen LogP) is 1.49. The number of hydrogen-bond acceptors (Lipinski definition) is 3. The molecule has 1 atom stereocenters. The summed E-state index contributed by atoms with van der Waals surface area (Å²) >= 11 is 0. The highest BCUT2D eigenvalue weighted by molar-refractivity contribution is 5.74. The van der Waals surface area contributed by atoms with Crippen LogP contribution >= 0.6 is 0 Å². The minimum Gasteiger partial charge on any atom is -0.338 e. The molecule has 6 nitrogen and oxygen atoms in total. The van der Waals surface area contributed by atoms with E-state index in [1.165, 1.54) is 6.33 Å². The average molecular weight is 309 g/mol. The number of nitrogens with zero attached hydrogens (tertiary/aromatic N) is 3. The lowest BCUT2D eigenvalue weighted by atomic mass is 10.1. The molecule has 0 saturated heterocycles. The van der Waals surface area contributed by atoms with Gasteiger partial charge in [-0.15, -0.1) is 0 Å². The van der Waals surface area contributed by atoms with E-state index in [0.717, 1.165) is 18.2 Å². The number of nitrogens with one attached hydrogen (secondary N) is 2. The molecule has 0 aliphatic heterocycles. The highest BCUT2D eigenvalue weighted by atomic mass is 19.1. The van der Waals surface area contributed by atoms with Crippen LogP contribution in [0.5, 0.6) is 0 Å². The molecular formula is C14H17F2N5O. The Labute approximate surface area is 126 Å². The second-order valence-corrected chi connectivity index (χ2v) is 4.90. The standard InChI is InChI=1S/C14H17F2N5O/c1-10(7-21-9-17-8-19-21)20-14(22)18-5-4-11-6-12(15)2-3-13(11)16/h2-3,6,8-10H,4-5,7H2,1H3,(H2,18,20,22). The van der Waals surface area contributed by atoms with Crippen molar-refractivity contribution in [2.75, 3.05) is 6.54 Å². The van der Waals surface area contributed by atoms with Crippen LogP contribution in [0.15, 0.2) is 30.9 Å². The van der Waals surface area contributed by atoms with Crippen LogP contribution in [-0.2, 0) is 13.0 Å². The van der Waals surface area contributed by atoms with Crippen molar-refractivity contribution in [3.05, 3.63) is 48.1 Å². The van der Waals surface area contributed by atoms with Crippen molar-refractivity contribution in [1.82, 2.24) is 25.4 Å². The van der Waals surface area contributed by atoms with Gasteiger partial charge in [0.1, 0.15) is 24.3 Å². The maximum atomic E-state index is 13.4. The minimum absolute atomic E-state index is 0.146. The number of carbonyl (C=O) groups excluding carboxylic acids is 1. The van der Waals surface area contributed by atoms with E-state index >= 15 is 0 Å². The number of halogens is 2. The zero-order valence-corrected chi connectivity index (χ0v) is 12.1. The molecule has 2 aromatic rings. The first-order valence-electron chi connectivity index (χ1n) is 6.85. The van der Waals surface area contributed by atoms with Crippen molar-refractivity contribution in [3.8, 4) is 0 Å². The van der Waals surface area contributed by atoms with Gasteiger partial charge < -0.3 is 10.6 Å². The molecule has 0 aliphatic rings. The second kappa shape index (κ2) is 7.48. The van der Waals surface area contributed by atoms with Crippen LogP contribution < -0.4 is 10.6 Å². The number of aromatic nitrogens is 3. The number of carbonyl (C=O) groups is 1. The van der Waals surface area contributed by atoms with Crippen LogP contribution in [0, 0.1) is 11.6 Å². The van der Waals surface area contributed by atoms with Crippen molar-refractivity contribution >= 4 is 6.03 Å². The highest BCUT2D eigenvalue weighted by Gasteiger charge is 2.09. The number of hydrogen-bond donors (Lipinski definition) is 2. The smallest absolute Gasteiger partial charge is 0.315 e. The molecule has 1 heterocycles. The summed E-state index contributed by atoms with van der Waals surface area (Å²) in [6.07, 6.45) is 3.19. The third kappa shape index (κ3) is 4.80. The van der Waals surface area contributed by atoms with Gasteiger partial charge in [-0.3, -0.25) is 4.68 Å². The fourth-order valence-electron chi connectivity index (χ4n) is 1.97. The van der Waals surface area contributed by atoms with Crippen molar-refractivity contribution in [2.24, 2.45) is 0 Å². The monoisotopic (exact) mass is 309 g/mol. The molecule has 0 bridgehead atoms. The topological polar surface area (TPSA) is 71.8 Å². The highest BCUT2D eigenvalue weighted by Crippen LogP contribution is 2.09. The molecule has 0 aliphatic carbocycles. The van der Waals surface area contributed by atoms with Crippen LogP contribution in [0.3, 0.4) is 0 Å². The van der Waals surface area contributed by atoms with E-state index < -0.39 is 11.6 Å². The van der Waals surface area contributed by atoms with E-state index in [1.54, 1.807) is 11.0 Å². The van der Waals surface area contributed by atoms with E-state index in [-0.39, 0.29) is 30.6 Å². The summed E-state index contributed by atoms with van der Waals surface area (Å²) in [7, 11) is 0. The van der Waals surface area contributed by atoms with Gasteiger partial charge in [0.2, 0.25) is 0 Å². The molecule has 8 heteroatoms. The van der Waals surface area contributed by atoms with Crippen molar-refractivity contribution < 1.29 is 13.6 Å². The predicted molar refractivity (Wildman–Crippen MR) is 76.1 cm³/mol. The summed E-state index contributed by atoms with van der Waals surface area (Å²) in [5.74, 6) is -0.981. The SMILES string of the molecule is CC(Cn1cncn1)NC(=O)NCCc1cc(F)ccc1F. The molecule has 2 amide bonds. The Hall–Kier alpha value is -2.51. The normalized spacial score (nSPS) is 12.0. The zero-order chi connectivity index (χ0) is 15.9. The Balaban J connectivity index is 1.72. The number of rotatable bonds is 6. The van der Waals surface area contributed by atoms with E-state index in [1.807, 2.05) is 6.92 Å². The Bertz CT molecular complexity index is 618. The lowest BCUT2D eigenvalue weighted by Crippen LogP contribution is -2.43. The number of urea groups is 1. The van der Waals surface area contributed by atoms with E-state index in [4.69, 9.17) is 0 Å². The van der Waals surface area contributed by atoms with Crippen LogP contribution in [-0.4, -0.2) is 33.4 Å². The number of benzene rings is 1. The van der Waals surface area contributed by atoms with Crippen molar-refractivity contribution in [3.63, 3.8) is 0 Å². The lowest BCUT2D eigenvalue weighted by Gasteiger charge is -2.14. The van der Waals surface area contributed by atoms with Gasteiger partial charge in [-0.25, -0.2) is 18.6 Å². The molecule has 1 aromatic carbocycles. The molecule has 0 fully saturated rings. The summed E-state index contributed by atoms with van der Waals surface area (Å²) in [6.45, 7) is 2.53. The minimum atomic E-state index is -0.498. The van der Waals surface area contributed by atoms with Crippen molar-refractivity contribution in [1.29, 1.82) is 0 Å². The fraction of sp³-hybridized carbons (Fsp3) is 0.357. The van der Waals surface area contributed by atoms with Gasteiger partial charge in [-0.2, -0.15) is 5.10 Å². The summed E-state index contributed by atoms with van der Waals surface area (Å²) in [6, 6.07) is 2.75. The van der Waals surface area contributed by atoms with Crippen LogP contribution in [0.4, 0.5) is 13.6 Å². The molecule has 0 radical (unpaired) electrons. The second-order valence-electron chi connectivity index (χ2n) is 4.90. The first kappa shape index (κ1) is 15.9. The van der Waals surface area contributed by atoms with Crippen molar-refractivity contribution in [2.45, 2.75) is 25.9 Å². The summed E-state index contributed by atoms with van der Waals surface area (Å²) in [4.78, 5) is 15.5. The summed E-state index contributed by atoms with van der Waals surface area (Å²) in [5, 5.41) is 9.27. The first-order chi connectivity index (χ1) is 10.5. The van der Waals surface area contributed by atoms with Gasteiger partial charge in [-0.1, -0.05) is 0 Å². The molecule has 0 saturated carbocycles. The Morgan fingerprint density at radius 2 is 2.23 bits per heavy atom. The quantitative estimate of drug-likeness (QED) is 0.849. The molecule has 1 aromatic heterocycles. The van der Waals surface area contributed by atoms with Crippen LogP contribution in [0.25, 0.3) is 0 Å². The molecule has 1 unspecified atom stereocenters. The Morgan fingerprint density at radius 3 is 2.95 bits per heavy atom. The van der Waals surface area contributed by atoms with Crippen LogP contribution in [0.2, 0.25) is 0 Å². The molecule has 2 rings (SSSR count). The van der Waals surface area contributed by atoms with E-state index in [9.17, 15) is 13.6 Å². The Morgan fingerprint density at radius 1 is 1.41 bits per heavy atom. The van der Waals surface area contributed by atoms with Gasteiger partial charge >= 0.3 is 6.03 Å². The van der Waals surface area contributed by atoms with E-state index in [2.05, 4.69) is 20.7 Å². The summed E-state index contributed by atoms with van der Waals surface area (Å²) < 4.78 is 28.0. The van der Waals surface area contributed by atoms with Crippen LogP contribution in [0.1, 0.15) is 12.5 Å². The van der Waals surface area contributed by atoms with Gasteiger partial charge in [0, 0.05) is 12.6 Å².